The number of nitrogens with zero attached hydrogens (tertiary/aromatic N) is 1. The smallest absolute Gasteiger partial charge is 0.178 e. The molecule has 0 bridgehead atoms. The third kappa shape index (κ3) is 2.83. The summed E-state index contributed by atoms with van der Waals surface area (Å²) in [4.78, 5) is 16.9. The van der Waals surface area contributed by atoms with Crippen LogP contribution in [0.2, 0.25) is 0 Å². The molecule has 3 nitrogen and oxygen atoms in total. The summed E-state index contributed by atoms with van der Waals surface area (Å²) in [5.74, 6) is 0.174. The number of rotatable bonds is 5. The first-order chi connectivity index (χ1) is 10.6. The summed E-state index contributed by atoms with van der Waals surface area (Å²) >= 11 is 1.69. The van der Waals surface area contributed by atoms with Crippen LogP contribution in [0, 0.1) is 6.92 Å². The molecule has 3 rings (SSSR count). The van der Waals surface area contributed by atoms with Gasteiger partial charge in [-0.25, -0.2) is 4.98 Å². The highest BCUT2D eigenvalue weighted by molar-refractivity contribution is 7.18. The summed E-state index contributed by atoms with van der Waals surface area (Å²) in [6.07, 6.45) is 2.80. The number of hydrogen-bond donors (Lipinski definition) is 1. The molecule has 0 radical (unpaired) electrons. The topological polar surface area (TPSA) is 42.0 Å². The van der Waals surface area contributed by atoms with Gasteiger partial charge in [0, 0.05) is 11.3 Å². The van der Waals surface area contributed by atoms with Crippen molar-refractivity contribution < 1.29 is 4.79 Å². The third-order valence-corrected chi connectivity index (χ3v) is 5.06. The number of nitrogens with one attached hydrogen (secondary N) is 1. The number of benzene rings is 1. The first-order valence-corrected chi connectivity index (χ1v) is 8.44. The van der Waals surface area contributed by atoms with E-state index in [1.165, 1.54) is 10.3 Å². The Morgan fingerprint density at radius 3 is 2.86 bits per heavy atom. The molecule has 0 saturated heterocycles. The van der Waals surface area contributed by atoms with Crippen LogP contribution in [-0.2, 0) is 4.79 Å². The SMILES string of the molecule is C=C1CC/C1=C(/CC)C(=O)CNc1ccc2sc(C)nc2c1. The van der Waals surface area contributed by atoms with Gasteiger partial charge in [-0.15, -0.1) is 11.3 Å². The van der Waals surface area contributed by atoms with Gasteiger partial charge in [0.2, 0.25) is 0 Å². The summed E-state index contributed by atoms with van der Waals surface area (Å²) in [5, 5.41) is 4.29. The van der Waals surface area contributed by atoms with Crippen LogP contribution in [0.3, 0.4) is 0 Å². The van der Waals surface area contributed by atoms with Crippen molar-refractivity contribution in [2.75, 3.05) is 11.9 Å². The molecule has 1 N–H and O–H groups in total. The van der Waals surface area contributed by atoms with Crippen molar-refractivity contribution >= 4 is 33.0 Å². The van der Waals surface area contributed by atoms with Crippen molar-refractivity contribution in [1.82, 2.24) is 4.98 Å². The number of ketones is 1. The molecule has 0 unspecified atom stereocenters. The highest BCUT2D eigenvalue weighted by Gasteiger charge is 2.21. The maximum atomic E-state index is 12.4. The number of hydrogen-bond acceptors (Lipinski definition) is 4. The molecular weight excluding hydrogens is 292 g/mol. The highest BCUT2D eigenvalue weighted by atomic mass is 32.1. The average molecular weight is 312 g/mol. The Balaban J connectivity index is 1.71. The predicted octanol–water partition coefficient (Wildman–Crippen LogP) is 4.64. The van der Waals surface area contributed by atoms with Crippen molar-refractivity contribution in [1.29, 1.82) is 0 Å². The molecule has 1 aromatic carbocycles. The molecule has 0 spiro atoms. The number of aromatic nitrogens is 1. The largest absolute Gasteiger partial charge is 0.378 e. The minimum atomic E-state index is 0.174. The van der Waals surface area contributed by atoms with Gasteiger partial charge in [-0.2, -0.15) is 0 Å². The lowest BCUT2D eigenvalue weighted by Crippen LogP contribution is -2.19. The number of thiazole rings is 1. The monoisotopic (exact) mass is 312 g/mol. The molecule has 4 heteroatoms. The van der Waals surface area contributed by atoms with Crippen molar-refractivity contribution in [2.45, 2.75) is 33.1 Å². The summed E-state index contributed by atoms with van der Waals surface area (Å²) in [7, 11) is 0. The van der Waals surface area contributed by atoms with Crippen LogP contribution in [-0.4, -0.2) is 17.3 Å². The fourth-order valence-electron chi connectivity index (χ4n) is 2.81. The number of allylic oxidation sites excluding steroid dienone is 2. The van der Waals surface area contributed by atoms with Gasteiger partial charge in [0.05, 0.1) is 21.8 Å². The van der Waals surface area contributed by atoms with E-state index >= 15 is 0 Å². The van der Waals surface area contributed by atoms with E-state index in [9.17, 15) is 4.79 Å². The van der Waals surface area contributed by atoms with E-state index in [1.807, 2.05) is 26.0 Å². The molecule has 1 aromatic heterocycles. The van der Waals surface area contributed by atoms with Gasteiger partial charge in [0.15, 0.2) is 5.78 Å². The van der Waals surface area contributed by atoms with Crippen LogP contribution >= 0.6 is 11.3 Å². The molecule has 1 heterocycles. The first kappa shape index (κ1) is 15.0. The predicted molar refractivity (Wildman–Crippen MR) is 93.5 cm³/mol. The second-order valence-corrected chi connectivity index (χ2v) is 6.84. The zero-order valence-corrected chi connectivity index (χ0v) is 13.8. The number of Topliss-reactive ketones (excluding diaryl/α,β-unsaturated/α-hetero) is 1. The Bertz CT molecular complexity index is 785. The molecule has 0 atom stereocenters. The molecule has 1 fully saturated rings. The second kappa shape index (κ2) is 6.05. The molecule has 1 saturated carbocycles. The molecular formula is C18H20N2OS. The van der Waals surface area contributed by atoms with E-state index in [1.54, 1.807) is 11.3 Å². The van der Waals surface area contributed by atoms with Crippen molar-refractivity contribution in [3.63, 3.8) is 0 Å². The molecule has 1 aliphatic carbocycles. The van der Waals surface area contributed by atoms with E-state index in [0.29, 0.717) is 6.54 Å². The fourth-order valence-corrected chi connectivity index (χ4v) is 3.62. The minimum Gasteiger partial charge on any atom is -0.378 e. The van der Waals surface area contributed by atoms with Gasteiger partial charge in [0.25, 0.3) is 0 Å². The number of carbonyl (C=O) groups excluding carboxylic acids is 1. The van der Waals surface area contributed by atoms with Gasteiger partial charge < -0.3 is 5.32 Å². The molecule has 0 aliphatic heterocycles. The summed E-state index contributed by atoms with van der Waals surface area (Å²) in [5.41, 5.74) is 5.18. The van der Waals surface area contributed by atoms with Crippen LogP contribution in [0.15, 0.2) is 41.5 Å². The maximum absolute atomic E-state index is 12.4. The van der Waals surface area contributed by atoms with E-state index in [2.05, 4.69) is 22.9 Å². The van der Waals surface area contributed by atoms with E-state index in [0.717, 1.165) is 46.6 Å². The third-order valence-electron chi connectivity index (χ3n) is 4.11. The van der Waals surface area contributed by atoms with Crippen LogP contribution in [0.1, 0.15) is 31.2 Å². The zero-order valence-electron chi connectivity index (χ0n) is 13.0. The number of carbonyl (C=O) groups is 1. The lowest BCUT2D eigenvalue weighted by atomic mass is 9.81. The highest BCUT2D eigenvalue weighted by Crippen LogP contribution is 2.35. The lowest BCUT2D eigenvalue weighted by Gasteiger charge is -2.24. The van der Waals surface area contributed by atoms with Crippen LogP contribution in [0.25, 0.3) is 10.2 Å². The summed E-state index contributed by atoms with van der Waals surface area (Å²) in [6, 6.07) is 6.07. The van der Waals surface area contributed by atoms with Crippen LogP contribution < -0.4 is 5.32 Å². The van der Waals surface area contributed by atoms with Gasteiger partial charge in [-0.05, 0) is 50.0 Å². The van der Waals surface area contributed by atoms with Gasteiger partial charge in [-0.3, -0.25) is 4.79 Å². The summed E-state index contributed by atoms with van der Waals surface area (Å²) < 4.78 is 1.18. The Morgan fingerprint density at radius 1 is 1.41 bits per heavy atom. The van der Waals surface area contributed by atoms with Gasteiger partial charge in [-0.1, -0.05) is 19.1 Å². The average Bonchev–Trinajstić information content (AvgIpc) is 2.87. The molecule has 114 valence electrons. The van der Waals surface area contributed by atoms with Crippen molar-refractivity contribution in [3.05, 3.63) is 46.5 Å². The second-order valence-electron chi connectivity index (χ2n) is 5.61. The Hall–Kier alpha value is -1.94. The zero-order chi connectivity index (χ0) is 15.7. The molecule has 22 heavy (non-hydrogen) atoms. The fraction of sp³-hybridized carbons (Fsp3) is 0.333. The quantitative estimate of drug-likeness (QED) is 0.818. The van der Waals surface area contributed by atoms with E-state index in [-0.39, 0.29) is 5.78 Å². The number of aryl methyl sites for hydroxylation is 1. The molecule has 1 aliphatic rings. The van der Waals surface area contributed by atoms with Gasteiger partial charge >= 0.3 is 0 Å². The maximum Gasteiger partial charge on any atom is 0.178 e. The Kier molecular flexibility index (Phi) is 4.12. The standard InChI is InChI=1S/C18H20N2OS/c1-4-14(15-7-5-11(15)2)17(21)10-19-13-6-8-18-16(9-13)20-12(3)22-18/h6,8-9,19H,2,4-5,7,10H2,1,3H3/b15-14+. The van der Waals surface area contributed by atoms with E-state index in [4.69, 9.17) is 0 Å². The minimum absolute atomic E-state index is 0.174. The van der Waals surface area contributed by atoms with Crippen LogP contribution in [0.4, 0.5) is 5.69 Å². The summed E-state index contributed by atoms with van der Waals surface area (Å²) in [6.45, 7) is 8.38. The lowest BCUT2D eigenvalue weighted by molar-refractivity contribution is -0.114. The molecule has 2 aromatic rings. The Labute approximate surface area is 134 Å². The number of anilines is 1. The van der Waals surface area contributed by atoms with Gasteiger partial charge in [0.1, 0.15) is 0 Å². The first-order valence-electron chi connectivity index (χ1n) is 7.63. The normalized spacial score (nSPS) is 16.5. The van der Waals surface area contributed by atoms with E-state index < -0.39 is 0 Å². The Morgan fingerprint density at radius 2 is 2.23 bits per heavy atom. The number of fused-ring (bicyclic) bond motifs is 1. The van der Waals surface area contributed by atoms with Crippen molar-refractivity contribution in [2.24, 2.45) is 0 Å². The van der Waals surface area contributed by atoms with Crippen molar-refractivity contribution in [3.8, 4) is 0 Å². The van der Waals surface area contributed by atoms with Crippen LogP contribution in [0.5, 0.6) is 0 Å². The molecule has 0 amide bonds.